The van der Waals surface area contributed by atoms with Gasteiger partial charge in [-0.05, 0) is 24.6 Å². The second kappa shape index (κ2) is 5.38. The molecule has 25 heavy (non-hydrogen) atoms. The van der Waals surface area contributed by atoms with E-state index >= 15 is 0 Å². The van der Waals surface area contributed by atoms with E-state index in [-0.39, 0.29) is 18.8 Å². The summed E-state index contributed by atoms with van der Waals surface area (Å²) >= 11 is 0. The lowest BCUT2D eigenvalue weighted by atomic mass is 9.66. The van der Waals surface area contributed by atoms with Crippen LogP contribution >= 0.6 is 0 Å². The molecule has 1 aliphatic heterocycles. The van der Waals surface area contributed by atoms with E-state index in [1.807, 2.05) is 0 Å². The molecule has 0 saturated heterocycles. The molecule has 132 valence electrons. The summed E-state index contributed by atoms with van der Waals surface area (Å²) in [5.41, 5.74) is -0.0154. The summed E-state index contributed by atoms with van der Waals surface area (Å²) in [6.45, 7) is 1.69. The highest BCUT2D eigenvalue weighted by Crippen LogP contribution is 2.46. The minimum Gasteiger partial charge on any atom is -0.469 e. The normalized spacial score (nSPS) is 27.0. The van der Waals surface area contributed by atoms with Crippen molar-refractivity contribution in [2.45, 2.75) is 24.9 Å². The molecule has 0 saturated carbocycles. The number of H-pyrrole nitrogens is 2. The van der Waals surface area contributed by atoms with Crippen molar-refractivity contribution in [3.05, 3.63) is 45.4 Å². The average molecular weight is 346 g/mol. The number of carbonyl (C=O) groups excluding carboxylic acids is 1. The molecule has 1 aliphatic carbocycles. The number of ether oxygens (including phenoxy) is 3. The van der Waals surface area contributed by atoms with Crippen LogP contribution in [-0.4, -0.2) is 40.8 Å². The SMILES string of the molecule is COC(=O)[C@@H]1[C@@H](c2ccc3c(c2)OCO3)c2c([nH][nH]c2=O)C[C@@]1(C)O. The highest BCUT2D eigenvalue weighted by Gasteiger charge is 2.51. The Labute approximate surface area is 142 Å². The zero-order valence-corrected chi connectivity index (χ0v) is 13.8. The number of esters is 1. The number of aromatic amines is 2. The van der Waals surface area contributed by atoms with E-state index in [4.69, 9.17) is 14.2 Å². The first-order valence-corrected chi connectivity index (χ1v) is 7.91. The van der Waals surface area contributed by atoms with Gasteiger partial charge in [-0.2, -0.15) is 0 Å². The molecule has 2 aromatic rings. The van der Waals surface area contributed by atoms with E-state index in [9.17, 15) is 14.7 Å². The van der Waals surface area contributed by atoms with Gasteiger partial charge in [-0.1, -0.05) is 6.07 Å². The monoisotopic (exact) mass is 346 g/mol. The number of rotatable bonds is 2. The number of hydrogen-bond donors (Lipinski definition) is 3. The van der Waals surface area contributed by atoms with Crippen molar-refractivity contribution in [3.8, 4) is 11.5 Å². The second-order valence-corrected chi connectivity index (χ2v) is 6.60. The molecule has 3 N–H and O–H groups in total. The second-order valence-electron chi connectivity index (χ2n) is 6.60. The minimum atomic E-state index is -1.38. The quantitative estimate of drug-likeness (QED) is 0.689. The maximum absolute atomic E-state index is 12.5. The molecule has 2 aliphatic rings. The molecule has 0 bridgehead atoms. The summed E-state index contributed by atoms with van der Waals surface area (Å²) in [5, 5.41) is 16.3. The Morgan fingerprint density at radius 2 is 2.08 bits per heavy atom. The third kappa shape index (κ3) is 2.32. The number of benzene rings is 1. The van der Waals surface area contributed by atoms with Gasteiger partial charge in [0.1, 0.15) is 0 Å². The van der Waals surface area contributed by atoms with E-state index in [1.165, 1.54) is 7.11 Å². The van der Waals surface area contributed by atoms with Gasteiger partial charge in [0.15, 0.2) is 11.5 Å². The van der Waals surface area contributed by atoms with Gasteiger partial charge in [0.05, 0.1) is 18.6 Å². The number of aliphatic hydroxyl groups is 1. The molecule has 2 heterocycles. The number of methoxy groups -OCH3 is 1. The standard InChI is InChI=1S/C17H18N2O6/c1-17(22)6-9-13(15(20)19-18-9)12(14(17)16(21)23-2)8-3-4-10-11(5-8)25-7-24-10/h3-5,12,14,22H,6-7H2,1-2H3,(H2,18,19,20)/t12-,14-,17+/m0/s1. The van der Waals surface area contributed by atoms with Crippen molar-refractivity contribution < 1.29 is 24.1 Å². The molecule has 0 fully saturated rings. The van der Waals surface area contributed by atoms with E-state index in [1.54, 1.807) is 25.1 Å². The molecule has 8 nitrogen and oxygen atoms in total. The zero-order chi connectivity index (χ0) is 17.8. The molecule has 1 aromatic carbocycles. The third-order valence-electron chi connectivity index (χ3n) is 4.96. The van der Waals surface area contributed by atoms with Gasteiger partial charge in [-0.15, -0.1) is 0 Å². The van der Waals surface area contributed by atoms with Crippen LogP contribution in [0.2, 0.25) is 0 Å². The summed E-state index contributed by atoms with van der Waals surface area (Å²) in [7, 11) is 1.27. The lowest BCUT2D eigenvalue weighted by molar-refractivity contribution is -0.156. The van der Waals surface area contributed by atoms with Gasteiger partial charge < -0.3 is 24.4 Å². The Hall–Kier alpha value is -2.74. The van der Waals surface area contributed by atoms with Crippen molar-refractivity contribution in [2.75, 3.05) is 13.9 Å². The van der Waals surface area contributed by atoms with Crippen LogP contribution in [0.3, 0.4) is 0 Å². The summed E-state index contributed by atoms with van der Waals surface area (Å²) in [5.74, 6) is -1.03. The van der Waals surface area contributed by atoms with Gasteiger partial charge in [0.25, 0.3) is 5.56 Å². The molecule has 0 unspecified atom stereocenters. The number of hydrogen-bond acceptors (Lipinski definition) is 6. The van der Waals surface area contributed by atoms with Crippen molar-refractivity contribution >= 4 is 5.97 Å². The fourth-order valence-electron chi connectivity index (χ4n) is 3.85. The molecule has 4 rings (SSSR count). The molecule has 0 amide bonds. The molecular formula is C17H18N2O6. The molecular weight excluding hydrogens is 328 g/mol. The van der Waals surface area contributed by atoms with Crippen LogP contribution in [0.4, 0.5) is 0 Å². The van der Waals surface area contributed by atoms with Crippen molar-refractivity contribution in [1.29, 1.82) is 0 Å². The number of fused-ring (bicyclic) bond motifs is 2. The molecule has 1 aromatic heterocycles. The van der Waals surface area contributed by atoms with Crippen LogP contribution in [0.1, 0.15) is 29.7 Å². The molecule has 0 radical (unpaired) electrons. The maximum Gasteiger partial charge on any atom is 0.312 e. The first kappa shape index (κ1) is 15.8. The van der Waals surface area contributed by atoms with Crippen molar-refractivity contribution in [2.24, 2.45) is 5.92 Å². The average Bonchev–Trinajstić information content (AvgIpc) is 3.18. The van der Waals surface area contributed by atoms with Gasteiger partial charge >= 0.3 is 5.97 Å². The van der Waals surface area contributed by atoms with Crippen LogP contribution in [0.25, 0.3) is 0 Å². The minimum absolute atomic E-state index is 0.123. The van der Waals surface area contributed by atoms with E-state index < -0.39 is 23.4 Å². The zero-order valence-electron chi connectivity index (χ0n) is 13.8. The molecule has 3 atom stereocenters. The Kier molecular flexibility index (Phi) is 3.40. The van der Waals surface area contributed by atoms with Gasteiger partial charge in [0, 0.05) is 23.6 Å². The third-order valence-corrected chi connectivity index (χ3v) is 4.96. The fourth-order valence-corrected chi connectivity index (χ4v) is 3.85. The summed E-state index contributed by atoms with van der Waals surface area (Å²) in [6.07, 6.45) is 0.141. The van der Waals surface area contributed by atoms with Crippen LogP contribution < -0.4 is 15.0 Å². The van der Waals surface area contributed by atoms with Gasteiger partial charge in [-0.25, -0.2) is 0 Å². The predicted molar refractivity (Wildman–Crippen MR) is 85.7 cm³/mol. The summed E-state index contributed by atoms with van der Waals surface area (Å²) < 4.78 is 15.7. The first-order valence-electron chi connectivity index (χ1n) is 7.91. The smallest absolute Gasteiger partial charge is 0.312 e. The topological polar surface area (TPSA) is 114 Å². The Balaban J connectivity index is 1.93. The van der Waals surface area contributed by atoms with Crippen molar-refractivity contribution in [1.82, 2.24) is 10.2 Å². The highest BCUT2D eigenvalue weighted by atomic mass is 16.7. The Morgan fingerprint density at radius 1 is 1.32 bits per heavy atom. The molecule has 8 heteroatoms. The van der Waals surface area contributed by atoms with E-state index in [0.717, 1.165) is 0 Å². The number of carbonyl (C=O) groups is 1. The fraction of sp³-hybridized carbons (Fsp3) is 0.412. The first-order chi connectivity index (χ1) is 11.9. The molecule has 0 spiro atoms. The van der Waals surface area contributed by atoms with Gasteiger partial charge in [-0.3, -0.25) is 14.7 Å². The van der Waals surface area contributed by atoms with Crippen LogP contribution in [-0.2, 0) is 16.0 Å². The highest BCUT2D eigenvalue weighted by molar-refractivity contribution is 5.77. The Bertz CT molecular complexity index is 897. The lowest BCUT2D eigenvalue weighted by Gasteiger charge is -2.40. The summed E-state index contributed by atoms with van der Waals surface area (Å²) in [6, 6.07) is 5.24. The van der Waals surface area contributed by atoms with Crippen LogP contribution in [0.5, 0.6) is 11.5 Å². The van der Waals surface area contributed by atoms with E-state index in [0.29, 0.717) is 28.3 Å². The predicted octanol–water partition coefficient (Wildman–Crippen LogP) is 0.660. The van der Waals surface area contributed by atoms with Crippen LogP contribution in [0.15, 0.2) is 23.0 Å². The number of aromatic nitrogens is 2. The summed E-state index contributed by atoms with van der Waals surface area (Å²) in [4.78, 5) is 24.9. The van der Waals surface area contributed by atoms with Gasteiger partial charge in [0.2, 0.25) is 6.79 Å². The lowest BCUT2D eigenvalue weighted by Crippen LogP contribution is -2.49. The van der Waals surface area contributed by atoms with E-state index in [2.05, 4.69) is 10.2 Å². The van der Waals surface area contributed by atoms with Crippen molar-refractivity contribution in [3.63, 3.8) is 0 Å². The number of nitrogens with one attached hydrogen (secondary N) is 2. The maximum atomic E-state index is 12.5. The Morgan fingerprint density at radius 3 is 2.84 bits per heavy atom. The van der Waals surface area contributed by atoms with Crippen LogP contribution in [0, 0.1) is 5.92 Å². The largest absolute Gasteiger partial charge is 0.469 e.